The van der Waals surface area contributed by atoms with Gasteiger partial charge in [-0.3, -0.25) is 0 Å². The van der Waals surface area contributed by atoms with E-state index in [9.17, 15) is 0 Å². The summed E-state index contributed by atoms with van der Waals surface area (Å²) in [5.41, 5.74) is 3.37. The Morgan fingerprint density at radius 2 is 1.65 bits per heavy atom. The molecule has 0 spiro atoms. The predicted octanol–water partition coefficient (Wildman–Crippen LogP) is 2.80. The van der Waals surface area contributed by atoms with Gasteiger partial charge in [0.05, 0.1) is 6.61 Å². The predicted molar refractivity (Wildman–Crippen MR) is 89.9 cm³/mol. The molecule has 0 aromatic heterocycles. The highest BCUT2D eigenvalue weighted by atomic mass is 16.5. The van der Waals surface area contributed by atoms with Gasteiger partial charge in [-0.15, -0.1) is 0 Å². The Kier molecular flexibility index (Phi) is 6.61. The van der Waals surface area contributed by atoms with E-state index >= 15 is 0 Å². The second-order valence-electron chi connectivity index (χ2n) is 5.43. The normalized spacial score (nSPS) is 11.7. The van der Waals surface area contributed by atoms with Crippen LogP contribution in [0.4, 0.5) is 0 Å². The maximum atomic E-state index is 9.01. The van der Waals surface area contributed by atoms with E-state index in [4.69, 9.17) is 15.1 Å². The van der Waals surface area contributed by atoms with Gasteiger partial charge in [-0.05, 0) is 48.7 Å². The number of hydrogen-bond acceptors (Lipinski definition) is 4. The topological polar surface area (TPSA) is 65.3 Å². The van der Waals surface area contributed by atoms with E-state index in [1.165, 1.54) is 11.1 Å². The first kappa shape index (κ1) is 17.0. The first-order valence-electron chi connectivity index (χ1n) is 7.76. The van der Waals surface area contributed by atoms with Crippen molar-refractivity contribution in [2.45, 2.75) is 32.6 Å². The van der Waals surface area contributed by atoms with Crippen molar-refractivity contribution in [1.82, 2.24) is 5.32 Å². The van der Waals surface area contributed by atoms with E-state index in [1.807, 2.05) is 42.5 Å². The maximum Gasteiger partial charge on any atom is 0.181 e. The number of hydrogen-bond donors (Lipinski definition) is 2. The SMILES string of the molecule is CC(C#N)Oc1ccc(CNCCc2ccc(CO)cc2)cc1. The zero-order valence-electron chi connectivity index (χ0n) is 13.3. The first-order valence-corrected chi connectivity index (χ1v) is 7.76. The lowest BCUT2D eigenvalue weighted by Crippen LogP contribution is -2.16. The third-order valence-electron chi connectivity index (χ3n) is 3.54. The number of ether oxygens (including phenoxy) is 1. The molecule has 0 bridgehead atoms. The van der Waals surface area contributed by atoms with E-state index in [0.717, 1.165) is 25.1 Å². The second kappa shape index (κ2) is 8.94. The van der Waals surface area contributed by atoms with Gasteiger partial charge < -0.3 is 15.2 Å². The zero-order valence-corrected chi connectivity index (χ0v) is 13.3. The molecule has 23 heavy (non-hydrogen) atoms. The third kappa shape index (κ3) is 5.74. The average molecular weight is 310 g/mol. The Hall–Kier alpha value is -2.35. The smallest absolute Gasteiger partial charge is 0.181 e. The summed E-state index contributed by atoms with van der Waals surface area (Å²) in [6, 6.07) is 17.8. The molecule has 0 radical (unpaired) electrons. The van der Waals surface area contributed by atoms with Crippen LogP contribution in [0.15, 0.2) is 48.5 Å². The lowest BCUT2D eigenvalue weighted by atomic mass is 10.1. The molecule has 1 atom stereocenters. The molecule has 1 unspecified atom stereocenters. The molecule has 2 aromatic carbocycles. The van der Waals surface area contributed by atoms with Crippen LogP contribution in [0.5, 0.6) is 5.75 Å². The minimum absolute atomic E-state index is 0.0887. The van der Waals surface area contributed by atoms with Crippen molar-refractivity contribution in [3.63, 3.8) is 0 Å². The Morgan fingerprint density at radius 3 is 2.26 bits per heavy atom. The van der Waals surface area contributed by atoms with Gasteiger partial charge in [-0.2, -0.15) is 5.26 Å². The number of nitriles is 1. The molecule has 2 N–H and O–H groups in total. The monoisotopic (exact) mass is 310 g/mol. The van der Waals surface area contributed by atoms with E-state index in [1.54, 1.807) is 6.92 Å². The van der Waals surface area contributed by atoms with Gasteiger partial charge in [0.25, 0.3) is 0 Å². The molecule has 0 aliphatic carbocycles. The molecule has 0 aliphatic heterocycles. The van der Waals surface area contributed by atoms with Crippen molar-refractivity contribution in [2.24, 2.45) is 0 Å². The van der Waals surface area contributed by atoms with Gasteiger partial charge in [0, 0.05) is 6.54 Å². The van der Waals surface area contributed by atoms with E-state index in [0.29, 0.717) is 5.75 Å². The van der Waals surface area contributed by atoms with Crippen LogP contribution in [0.3, 0.4) is 0 Å². The standard InChI is InChI=1S/C19H22N2O2/c1-15(12-20)23-19-8-6-17(7-9-19)13-21-11-10-16-2-4-18(14-22)5-3-16/h2-9,15,21-22H,10-11,13-14H2,1H3. The van der Waals surface area contributed by atoms with Crippen LogP contribution in [0, 0.1) is 11.3 Å². The molecule has 0 heterocycles. The molecule has 2 rings (SSSR count). The van der Waals surface area contributed by atoms with E-state index in [-0.39, 0.29) is 6.61 Å². The fraction of sp³-hybridized carbons (Fsp3) is 0.316. The molecule has 0 saturated carbocycles. The van der Waals surface area contributed by atoms with Crippen LogP contribution in [-0.2, 0) is 19.6 Å². The lowest BCUT2D eigenvalue weighted by Gasteiger charge is -2.09. The number of aliphatic hydroxyl groups is 1. The number of nitrogens with one attached hydrogen (secondary N) is 1. The molecule has 4 nitrogen and oxygen atoms in total. The van der Waals surface area contributed by atoms with Crippen molar-refractivity contribution in [3.05, 3.63) is 65.2 Å². The van der Waals surface area contributed by atoms with Gasteiger partial charge in [0.1, 0.15) is 11.8 Å². The highest BCUT2D eigenvalue weighted by Crippen LogP contribution is 2.13. The van der Waals surface area contributed by atoms with Gasteiger partial charge in [-0.25, -0.2) is 0 Å². The summed E-state index contributed by atoms with van der Waals surface area (Å²) in [6.45, 7) is 3.50. The van der Waals surface area contributed by atoms with Crippen molar-refractivity contribution in [1.29, 1.82) is 5.26 Å². The van der Waals surface area contributed by atoms with Crippen molar-refractivity contribution in [2.75, 3.05) is 6.54 Å². The molecule has 0 aliphatic rings. The summed E-state index contributed by atoms with van der Waals surface area (Å²) in [6.07, 6.45) is 0.517. The van der Waals surface area contributed by atoms with Crippen molar-refractivity contribution >= 4 is 0 Å². The van der Waals surface area contributed by atoms with Crippen LogP contribution in [0.1, 0.15) is 23.6 Å². The van der Waals surface area contributed by atoms with Gasteiger partial charge in [-0.1, -0.05) is 36.4 Å². The summed E-state index contributed by atoms with van der Waals surface area (Å²) < 4.78 is 5.42. The minimum atomic E-state index is -0.434. The Labute approximate surface area is 137 Å². The maximum absolute atomic E-state index is 9.01. The summed E-state index contributed by atoms with van der Waals surface area (Å²) in [7, 11) is 0. The molecule has 4 heteroatoms. The van der Waals surface area contributed by atoms with Crippen LogP contribution in [-0.4, -0.2) is 17.8 Å². The Balaban J connectivity index is 1.72. The van der Waals surface area contributed by atoms with Crippen molar-refractivity contribution < 1.29 is 9.84 Å². The Bertz CT molecular complexity index is 630. The van der Waals surface area contributed by atoms with Crippen molar-refractivity contribution in [3.8, 4) is 11.8 Å². The Morgan fingerprint density at radius 1 is 1.04 bits per heavy atom. The molecular formula is C19H22N2O2. The molecule has 0 amide bonds. The van der Waals surface area contributed by atoms with Crippen LogP contribution in [0.2, 0.25) is 0 Å². The first-order chi connectivity index (χ1) is 11.2. The summed E-state index contributed by atoms with van der Waals surface area (Å²) in [4.78, 5) is 0. The highest BCUT2D eigenvalue weighted by Gasteiger charge is 2.01. The fourth-order valence-corrected chi connectivity index (χ4v) is 2.19. The fourth-order valence-electron chi connectivity index (χ4n) is 2.19. The lowest BCUT2D eigenvalue weighted by molar-refractivity contribution is 0.276. The zero-order chi connectivity index (χ0) is 16.5. The average Bonchev–Trinajstić information content (AvgIpc) is 2.60. The van der Waals surface area contributed by atoms with Gasteiger partial charge in [0.15, 0.2) is 6.10 Å². The molecular weight excluding hydrogens is 288 g/mol. The summed E-state index contributed by atoms with van der Waals surface area (Å²) in [5, 5.41) is 21.1. The quantitative estimate of drug-likeness (QED) is 0.736. The van der Waals surface area contributed by atoms with Gasteiger partial charge >= 0.3 is 0 Å². The molecule has 2 aromatic rings. The largest absolute Gasteiger partial charge is 0.476 e. The van der Waals surface area contributed by atoms with Crippen LogP contribution in [0.25, 0.3) is 0 Å². The second-order valence-corrected chi connectivity index (χ2v) is 5.43. The van der Waals surface area contributed by atoms with Crippen LogP contribution < -0.4 is 10.1 Å². The van der Waals surface area contributed by atoms with Crippen LogP contribution >= 0.6 is 0 Å². The van der Waals surface area contributed by atoms with E-state index in [2.05, 4.69) is 17.4 Å². The highest BCUT2D eigenvalue weighted by molar-refractivity contribution is 5.28. The number of nitrogens with zero attached hydrogens (tertiary/aromatic N) is 1. The molecule has 120 valence electrons. The minimum Gasteiger partial charge on any atom is -0.476 e. The van der Waals surface area contributed by atoms with Gasteiger partial charge in [0.2, 0.25) is 0 Å². The number of rotatable bonds is 8. The molecule has 0 saturated heterocycles. The van der Waals surface area contributed by atoms with E-state index < -0.39 is 6.10 Å². The summed E-state index contributed by atoms with van der Waals surface area (Å²) >= 11 is 0. The summed E-state index contributed by atoms with van der Waals surface area (Å²) in [5.74, 6) is 0.715. The molecule has 0 fully saturated rings. The number of aliphatic hydroxyl groups excluding tert-OH is 1. The third-order valence-corrected chi connectivity index (χ3v) is 3.54. The number of benzene rings is 2.